The zero-order chi connectivity index (χ0) is 36.6. The number of hydrogen-bond donors (Lipinski definition) is 2. The second kappa shape index (κ2) is 16.4. The average molecular weight is 707 g/mol. The molecule has 0 aliphatic rings. The Morgan fingerprint density at radius 2 is 1.17 bits per heavy atom. The second-order valence-electron chi connectivity index (χ2n) is 13.0. The molecule has 2 N–H and O–H groups in total. The molecule has 0 radical (unpaired) electrons. The number of rotatable bonds is 12. The van der Waals surface area contributed by atoms with Crippen LogP contribution in [0, 0.1) is 0 Å². The molecule has 2 amide bonds. The second-order valence-corrected chi connectivity index (χ2v) is 13.4. The van der Waals surface area contributed by atoms with E-state index < -0.39 is 17.9 Å². The van der Waals surface area contributed by atoms with Gasteiger partial charge >= 0.3 is 5.97 Å². The minimum absolute atomic E-state index is 0.150. The van der Waals surface area contributed by atoms with Crippen LogP contribution in [0.15, 0.2) is 152 Å². The van der Waals surface area contributed by atoms with E-state index in [9.17, 15) is 19.5 Å². The summed E-state index contributed by atoms with van der Waals surface area (Å²) in [4.78, 5) is 42.3. The Balaban J connectivity index is 1.35. The van der Waals surface area contributed by atoms with E-state index >= 15 is 0 Å². The van der Waals surface area contributed by atoms with E-state index in [1.807, 2.05) is 121 Å². The van der Waals surface area contributed by atoms with Crippen LogP contribution < -0.4 is 10.2 Å². The van der Waals surface area contributed by atoms with Crippen LogP contribution in [0.1, 0.15) is 69.6 Å². The summed E-state index contributed by atoms with van der Waals surface area (Å²) >= 11 is 6.48. The third-order valence-electron chi connectivity index (χ3n) is 9.07. The number of carboxylic acids is 1. The van der Waals surface area contributed by atoms with Crippen LogP contribution in [-0.4, -0.2) is 22.9 Å². The number of nitrogens with one attached hydrogen (secondary N) is 1. The molecule has 0 bridgehead atoms. The van der Waals surface area contributed by atoms with E-state index in [1.165, 1.54) is 11.6 Å². The Morgan fingerprint density at radius 3 is 1.71 bits per heavy atom. The molecule has 7 heteroatoms. The van der Waals surface area contributed by atoms with Gasteiger partial charge in [0.15, 0.2) is 0 Å². The SMILES string of the molecule is CC(C)c1ccc(CN(C(=O)c2ccc(-c3ccccc3)cc2)c2ccc(Cl)cc2C(=O)NC(CC(=O)O)c2ccc(-c3ccccc3)cc2)cc1. The number of hydrogen-bond acceptors (Lipinski definition) is 3. The zero-order valence-electron chi connectivity index (χ0n) is 29.0. The molecule has 0 heterocycles. The van der Waals surface area contributed by atoms with Gasteiger partial charge in [0.2, 0.25) is 0 Å². The summed E-state index contributed by atoms with van der Waals surface area (Å²) in [6.45, 7) is 4.43. The van der Waals surface area contributed by atoms with E-state index in [2.05, 4.69) is 19.2 Å². The lowest BCUT2D eigenvalue weighted by atomic mass is 9.98. The largest absolute Gasteiger partial charge is 0.481 e. The Bertz CT molecular complexity index is 2150. The van der Waals surface area contributed by atoms with Crippen molar-refractivity contribution in [1.29, 1.82) is 0 Å². The molecule has 1 atom stereocenters. The van der Waals surface area contributed by atoms with Crippen LogP contribution in [0.2, 0.25) is 5.02 Å². The Labute approximate surface area is 309 Å². The third-order valence-corrected chi connectivity index (χ3v) is 9.30. The number of halogens is 1. The van der Waals surface area contributed by atoms with Crippen LogP contribution >= 0.6 is 11.6 Å². The van der Waals surface area contributed by atoms with Crippen molar-refractivity contribution >= 4 is 35.1 Å². The Kier molecular flexibility index (Phi) is 11.3. The van der Waals surface area contributed by atoms with Gasteiger partial charge in [0.05, 0.1) is 30.3 Å². The quantitative estimate of drug-likeness (QED) is 0.133. The van der Waals surface area contributed by atoms with E-state index in [1.54, 1.807) is 29.2 Å². The van der Waals surface area contributed by atoms with Gasteiger partial charge in [0.1, 0.15) is 0 Å². The van der Waals surface area contributed by atoms with Gasteiger partial charge in [0, 0.05) is 10.6 Å². The van der Waals surface area contributed by atoms with Crippen molar-refractivity contribution in [3.05, 3.63) is 184 Å². The third kappa shape index (κ3) is 8.66. The van der Waals surface area contributed by atoms with Crippen molar-refractivity contribution in [2.75, 3.05) is 4.90 Å². The molecule has 0 aliphatic heterocycles. The van der Waals surface area contributed by atoms with Gasteiger partial charge < -0.3 is 15.3 Å². The number of amides is 2. The molecule has 0 aromatic heterocycles. The van der Waals surface area contributed by atoms with E-state index in [0.717, 1.165) is 27.8 Å². The summed E-state index contributed by atoms with van der Waals surface area (Å²) in [5.74, 6) is -1.58. The number of aliphatic carboxylic acids is 1. The maximum absolute atomic E-state index is 14.5. The van der Waals surface area contributed by atoms with E-state index in [4.69, 9.17) is 11.6 Å². The number of anilines is 1. The summed E-state index contributed by atoms with van der Waals surface area (Å²) in [7, 11) is 0. The number of carboxylic acid groups (broad SMARTS) is 1. The Morgan fingerprint density at radius 1 is 0.654 bits per heavy atom. The molecule has 0 spiro atoms. The van der Waals surface area contributed by atoms with Crippen molar-refractivity contribution in [2.24, 2.45) is 0 Å². The van der Waals surface area contributed by atoms with Gasteiger partial charge in [-0.05, 0) is 75.2 Å². The highest BCUT2D eigenvalue weighted by Crippen LogP contribution is 2.31. The van der Waals surface area contributed by atoms with Crippen molar-refractivity contribution in [1.82, 2.24) is 5.32 Å². The van der Waals surface area contributed by atoms with Gasteiger partial charge in [-0.3, -0.25) is 14.4 Å². The predicted octanol–water partition coefficient (Wildman–Crippen LogP) is 10.6. The summed E-state index contributed by atoms with van der Waals surface area (Å²) in [6, 6.07) is 46.7. The molecule has 1 unspecified atom stereocenters. The molecule has 6 rings (SSSR count). The van der Waals surface area contributed by atoms with Gasteiger partial charge in [-0.15, -0.1) is 0 Å². The topological polar surface area (TPSA) is 86.7 Å². The maximum atomic E-state index is 14.5. The monoisotopic (exact) mass is 706 g/mol. The van der Waals surface area contributed by atoms with Crippen LogP contribution in [0.3, 0.4) is 0 Å². The fourth-order valence-corrected chi connectivity index (χ4v) is 6.35. The minimum Gasteiger partial charge on any atom is -0.481 e. The Hall–Kier alpha value is -5.98. The first-order valence-electron chi connectivity index (χ1n) is 17.2. The molecule has 0 aliphatic carbocycles. The molecule has 6 aromatic carbocycles. The highest BCUT2D eigenvalue weighted by molar-refractivity contribution is 6.31. The number of carbonyl (C=O) groups is 3. The molecule has 0 fully saturated rings. The lowest BCUT2D eigenvalue weighted by Gasteiger charge is -2.27. The first-order valence-corrected chi connectivity index (χ1v) is 17.6. The highest BCUT2D eigenvalue weighted by Gasteiger charge is 2.26. The van der Waals surface area contributed by atoms with Crippen LogP contribution in [0.4, 0.5) is 5.69 Å². The van der Waals surface area contributed by atoms with Crippen molar-refractivity contribution in [3.63, 3.8) is 0 Å². The summed E-state index contributed by atoms with van der Waals surface area (Å²) in [6.07, 6.45) is -0.342. The molecular weight excluding hydrogens is 668 g/mol. The number of benzene rings is 6. The average Bonchev–Trinajstić information content (AvgIpc) is 3.17. The summed E-state index contributed by atoms with van der Waals surface area (Å²) < 4.78 is 0. The van der Waals surface area contributed by atoms with Crippen LogP contribution in [0.25, 0.3) is 22.3 Å². The fourth-order valence-electron chi connectivity index (χ4n) is 6.18. The van der Waals surface area contributed by atoms with Gasteiger partial charge in [0.25, 0.3) is 11.8 Å². The lowest BCUT2D eigenvalue weighted by Crippen LogP contribution is -2.35. The standard InChI is InChI=1S/C45H39ClN2O4/c1-30(2)32-15-13-31(14-16-32)29-48(45(52)38-23-19-36(20-24-38)34-11-7-4-8-12-34)42-26-25-39(46)27-40(42)44(51)47-41(28-43(49)50)37-21-17-35(18-22-37)33-9-5-3-6-10-33/h3-27,30,41H,28-29H2,1-2H3,(H,47,51)(H,49,50). The van der Waals surface area contributed by atoms with Gasteiger partial charge in [-0.2, -0.15) is 0 Å². The zero-order valence-corrected chi connectivity index (χ0v) is 29.8. The van der Waals surface area contributed by atoms with Gasteiger partial charge in [-0.1, -0.05) is 147 Å². The minimum atomic E-state index is -1.07. The van der Waals surface area contributed by atoms with Crippen molar-refractivity contribution in [2.45, 2.75) is 38.8 Å². The maximum Gasteiger partial charge on any atom is 0.305 e. The molecule has 0 saturated heterocycles. The van der Waals surface area contributed by atoms with E-state index in [0.29, 0.717) is 27.8 Å². The summed E-state index contributed by atoms with van der Waals surface area (Å²) in [5.41, 5.74) is 7.62. The number of nitrogens with zero attached hydrogens (tertiary/aromatic N) is 1. The van der Waals surface area contributed by atoms with Crippen molar-refractivity contribution < 1.29 is 19.5 Å². The lowest BCUT2D eigenvalue weighted by molar-refractivity contribution is -0.137. The van der Waals surface area contributed by atoms with Crippen LogP contribution in [-0.2, 0) is 11.3 Å². The molecular formula is C45H39ClN2O4. The molecule has 6 aromatic rings. The normalized spacial score (nSPS) is 11.5. The predicted molar refractivity (Wildman–Crippen MR) is 209 cm³/mol. The first-order chi connectivity index (χ1) is 25.2. The first kappa shape index (κ1) is 35.8. The van der Waals surface area contributed by atoms with Crippen LogP contribution in [0.5, 0.6) is 0 Å². The fraction of sp³-hybridized carbons (Fsp3) is 0.133. The van der Waals surface area contributed by atoms with E-state index in [-0.39, 0.29) is 24.4 Å². The summed E-state index contributed by atoms with van der Waals surface area (Å²) in [5, 5.41) is 13.1. The smallest absolute Gasteiger partial charge is 0.305 e. The van der Waals surface area contributed by atoms with Crippen molar-refractivity contribution in [3.8, 4) is 22.3 Å². The molecule has 52 heavy (non-hydrogen) atoms. The molecule has 260 valence electrons. The van der Waals surface area contributed by atoms with Gasteiger partial charge in [-0.25, -0.2) is 0 Å². The molecule has 0 saturated carbocycles. The highest BCUT2D eigenvalue weighted by atomic mass is 35.5. The number of carbonyl (C=O) groups excluding carboxylic acids is 2. The molecule has 6 nitrogen and oxygen atoms in total.